The Labute approximate surface area is 173 Å². The summed E-state index contributed by atoms with van der Waals surface area (Å²) in [6.07, 6.45) is -3.91. The molecule has 1 N–H and O–H groups in total. The number of carbonyl (C=O) groups is 2. The normalized spacial score (nSPS) is 11.7. The van der Waals surface area contributed by atoms with Crippen molar-refractivity contribution in [2.75, 3.05) is 12.4 Å². The van der Waals surface area contributed by atoms with E-state index in [1.165, 1.54) is 32.3 Å². The van der Waals surface area contributed by atoms with Gasteiger partial charge in [-0.05, 0) is 32.4 Å². The van der Waals surface area contributed by atoms with Gasteiger partial charge in [0.15, 0.2) is 5.65 Å². The number of alkyl halides is 3. The van der Waals surface area contributed by atoms with Crippen LogP contribution in [0.1, 0.15) is 39.1 Å². The molecule has 0 atom stereocenters. The number of halogens is 3. The standard InChI is InChI=1S/C19H19F3N4O3S/c1-5-11-7-12(18(28)29-4)17(30-11)24-14(27)8-26-16-15(10(3)25-26)13(19(20,21)22)6-9(2)23-16/h6-7H,5,8H2,1-4H3,(H,24,27). The smallest absolute Gasteiger partial charge is 0.417 e. The van der Waals surface area contributed by atoms with Gasteiger partial charge in [-0.15, -0.1) is 11.3 Å². The topological polar surface area (TPSA) is 86.1 Å². The molecule has 160 valence electrons. The van der Waals surface area contributed by atoms with Gasteiger partial charge in [0.05, 0.1) is 29.3 Å². The first-order valence-corrected chi connectivity index (χ1v) is 9.79. The number of aryl methyl sites for hydroxylation is 3. The fourth-order valence-corrected chi connectivity index (χ4v) is 4.09. The number of rotatable bonds is 5. The van der Waals surface area contributed by atoms with Crippen molar-refractivity contribution in [3.63, 3.8) is 0 Å². The van der Waals surface area contributed by atoms with Crippen LogP contribution < -0.4 is 5.32 Å². The van der Waals surface area contributed by atoms with Crippen molar-refractivity contribution in [1.82, 2.24) is 14.8 Å². The molecule has 0 aliphatic carbocycles. The Hall–Kier alpha value is -2.95. The van der Waals surface area contributed by atoms with E-state index in [-0.39, 0.29) is 34.5 Å². The van der Waals surface area contributed by atoms with Gasteiger partial charge in [0, 0.05) is 10.6 Å². The van der Waals surface area contributed by atoms with E-state index in [2.05, 4.69) is 15.4 Å². The number of nitrogens with zero attached hydrogens (tertiary/aromatic N) is 3. The highest BCUT2D eigenvalue weighted by Gasteiger charge is 2.35. The molecule has 0 saturated heterocycles. The molecule has 3 heterocycles. The van der Waals surface area contributed by atoms with Crippen molar-refractivity contribution in [2.24, 2.45) is 0 Å². The SMILES string of the molecule is CCc1cc(C(=O)OC)c(NC(=O)Cn2nc(C)c3c(C(F)(F)F)cc(C)nc32)s1. The third kappa shape index (κ3) is 4.16. The van der Waals surface area contributed by atoms with E-state index in [1.807, 2.05) is 6.92 Å². The second kappa shape index (κ2) is 8.05. The molecule has 3 aromatic heterocycles. The van der Waals surface area contributed by atoms with Gasteiger partial charge < -0.3 is 10.1 Å². The van der Waals surface area contributed by atoms with Crippen LogP contribution in [0.15, 0.2) is 12.1 Å². The number of aromatic nitrogens is 3. The number of fused-ring (bicyclic) bond motifs is 1. The summed E-state index contributed by atoms with van der Waals surface area (Å²) < 4.78 is 46.2. The van der Waals surface area contributed by atoms with Gasteiger partial charge in [-0.2, -0.15) is 18.3 Å². The first-order valence-electron chi connectivity index (χ1n) is 8.98. The molecule has 0 radical (unpaired) electrons. The van der Waals surface area contributed by atoms with Gasteiger partial charge >= 0.3 is 12.1 Å². The average molecular weight is 440 g/mol. The van der Waals surface area contributed by atoms with E-state index in [4.69, 9.17) is 4.74 Å². The summed E-state index contributed by atoms with van der Waals surface area (Å²) in [5.41, 5.74) is -0.355. The summed E-state index contributed by atoms with van der Waals surface area (Å²) in [5.74, 6) is -1.14. The van der Waals surface area contributed by atoms with Crippen molar-refractivity contribution in [3.05, 3.63) is 39.5 Å². The van der Waals surface area contributed by atoms with Crippen molar-refractivity contribution in [3.8, 4) is 0 Å². The van der Waals surface area contributed by atoms with Crippen LogP contribution in [0, 0.1) is 13.8 Å². The number of pyridine rings is 1. The molecular weight excluding hydrogens is 421 g/mol. The van der Waals surface area contributed by atoms with E-state index in [0.717, 1.165) is 15.6 Å². The lowest BCUT2D eigenvalue weighted by Gasteiger charge is -2.10. The minimum atomic E-state index is -4.57. The minimum absolute atomic E-state index is 0.0245. The summed E-state index contributed by atoms with van der Waals surface area (Å²) in [4.78, 5) is 29.6. The largest absolute Gasteiger partial charge is 0.465 e. The number of thiophene rings is 1. The van der Waals surface area contributed by atoms with Crippen molar-refractivity contribution < 1.29 is 27.5 Å². The predicted molar refractivity (Wildman–Crippen MR) is 106 cm³/mol. The zero-order valence-electron chi connectivity index (χ0n) is 16.7. The van der Waals surface area contributed by atoms with Gasteiger partial charge in [0.1, 0.15) is 11.5 Å². The summed E-state index contributed by atoms with van der Waals surface area (Å²) in [7, 11) is 1.24. The summed E-state index contributed by atoms with van der Waals surface area (Å²) in [6, 6.07) is 2.60. The monoisotopic (exact) mass is 440 g/mol. The minimum Gasteiger partial charge on any atom is -0.465 e. The molecular formula is C19H19F3N4O3S. The van der Waals surface area contributed by atoms with E-state index in [9.17, 15) is 22.8 Å². The molecule has 0 aliphatic heterocycles. The zero-order valence-corrected chi connectivity index (χ0v) is 17.5. The van der Waals surface area contributed by atoms with Crippen LogP contribution in [-0.4, -0.2) is 33.8 Å². The lowest BCUT2D eigenvalue weighted by Crippen LogP contribution is -2.20. The van der Waals surface area contributed by atoms with Crippen LogP contribution in [0.2, 0.25) is 0 Å². The Bertz CT molecular complexity index is 1130. The van der Waals surface area contributed by atoms with Gasteiger partial charge in [0.25, 0.3) is 0 Å². The quantitative estimate of drug-likeness (QED) is 0.604. The average Bonchev–Trinajstić information content (AvgIpc) is 3.20. The van der Waals surface area contributed by atoms with Crippen LogP contribution in [0.3, 0.4) is 0 Å². The molecule has 0 aliphatic rings. The van der Waals surface area contributed by atoms with Crippen LogP contribution in [0.25, 0.3) is 11.0 Å². The third-order valence-electron chi connectivity index (χ3n) is 4.39. The molecule has 0 aromatic carbocycles. The molecule has 0 bridgehead atoms. The Morgan fingerprint density at radius 2 is 1.97 bits per heavy atom. The van der Waals surface area contributed by atoms with Crippen LogP contribution in [-0.2, 0) is 28.7 Å². The molecule has 0 spiro atoms. The highest BCUT2D eigenvalue weighted by atomic mass is 32.1. The fourth-order valence-electron chi connectivity index (χ4n) is 3.09. The van der Waals surface area contributed by atoms with E-state index < -0.39 is 23.6 Å². The lowest BCUT2D eigenvalue weighted by molar-refractivity contribution is -0.136. The summed E-state index contributed by atoms with van der Waals surface area (Å²) >= 11 is 1.23. The number of hydrogen-bond donors (Lipinski definition) is 1. The highest BCUT2D eigenvalue weighted by Crippen LogP contribution is 2.36. The number of methoxy groups -OCH3 is 1. The number of esters is 1. The summed E-state index contributed by atoms with van der Waals surface area (Å²) in [6.45, 7) is 4.43. The Balaban J connectivity index is 1.94. The highest BCUT2D eigenvalue weighted by molar-refractivity contribution is 7.16. The van der Waals surface area contributed by atoms with E-state index in [0.29, 0.717) is 11.4 Å². The molecule has 0 fully saturated rings. The number of amides is 1. The number of carbonyl (C=O) groups excluding carboxylic acids is 2. The predicted octanol–water partition coefficient (Wildman–Crippen LogP) is 4.12. The van der Waals surface area contributed by atoms with Crippen molar-refractivity contribution >= 4 is 39.2 Å². The lowest BCUT2D eigenvalue weighted by atomic mass is 10.1. The maximum atomic E-state index is 13.4. The fraction of sp³-hybridized carbons (Fsp3) is 0.368. The molecule has 0 saturated carbocycles. The van der Waals surface area contributed by atoms with Crippen LogP contribution in [0.5, 0.6) is 0 Å². The first-order chi connectivity index (χ1) is 14.0. The second-order valence-electron chi connectivity index (χ2n) is 6.60. The molecule has 0 unspecified atom stereocenters. The maximum absolute atomic E-state index is 13.4. The van der Waals surface area contributed by atoms with Crippen LogP contribution >= 0.6 is 11.3 Å². The number of nitrogens with one attached hydrogen (secondary N) is 1. The molecule has 1 amide bonds. The van der Waals surface area contributed by atoms with Gasteiger partial charge in [0.2, 0.25) is 5.91 Å². The van der Waals surface area contributed by atoms with E-state index >= 15 is 0 Å². The second-order valence-corrected chi connectivity index (χ2v) is 7.74. The number of anilines is 1. The Morgan fingerprint density at radius 3 is 2.57 bits per heavy atom. The van der Waals surface area contributed by atoms with E-state index in [1.54, 1.807) is 6.07 Å². The molecule has 3 aromatic rings. The first kappa shape index (κ1) is 21.8. The third-order valence-corrected chi connectivity index (χ3v) is 5.59. The van der Waals surface area contributed by atoms with Crippen molar-refractivity contribution in [1.29, 1.82) is 0 Å². The number of hydrogen-bond acceptors (Lipinski definition) is 6. The van der Waals surface area contributed by atoms with Crippen LogP contribution in [0.4, 0.5) is 18.2 Å². The zero-order chi connectivity index (χ0) is 22.2. The Kier molecular flexibility index (Phi) is 5.84. The Morgan fingerprint density at radius 1 is 1.27 bits per heavy atom. The molecule has 7 nitrogen and oxygen atoms in total. The molecule has 3 rings (SSSR count). The molecule has 30 heavy (non-hydrogen) atoms. The van der Waals surface area contributed by atoms with Gasteiger partial charge in [-0.1, -0.05) is 6.92 Å². The maximum Gasteiger partial charge on any atom is 0.417 e. The summed E-state index contributed by atoms with van der Waals surface area (Å²) in [5, 5.41) is 6.90. The van der Waals surface area contributed by atoms with Crippen molar-refractivity contribution in [2.45, 2.75) is 39.9 Å². The number of ether oxygens (including phenoxy) is 1. The van der Waals surface area contributed by atoms with Gasteiger partial charge in [-0.3, -0.25) is 4.79 Å². The molecule has 11 heteroatoms. The van der Waals surface area contributed by atoms with Gasteiger partial charge in [-0.25, -0.2) is 14.5 Å².